The SMILES string of the molecule is CCc1ccc(N2C(=O)C(=O)/C(=C(/O)c3c(OC)cccc3OC)C2c2ccc(F)cc2)cc1. The van der Waals surface area contributed by atoms with Gasteiger partial charge in [-0.1, -0.05) is 37.3 Å². The second kappa shape index (κ2) is 9.39. The lowest BCUT2D eigenvalue weighted by Gasteiger charge is -2.26. The number of carbonyl (C=O) groups excluding carboxylic acids is 2. The molecule has 3 aromatic rings. The van der Waals surface area contributed by atoms with Crippen LogP contribution in [0.1, 0.15) is 29.7 Å². The van der Waals surface area contributed by atoms with Crippen molar-refractivity contribution in [3.8, 4) is 11.5 Å². The van der Waals surface area contributed by atoms with Crippen LogP contribution in [0.2, 0.25) is 0 Å². The van der Waals surface area contributed by atoms with Gasteiger partial charge in [0.2, 0.25) is 0 Å². The summed E-state index contributed by atoms with van der Waals surface area (Å²) in [6.45, 7) is 2.01. The highest BCUT2D eigenvalue weighted by atomic mass is 19.1. The molecule has 1 aliphatic rings. The standard InChI is InChI=1S/C27H24FNO5/c1-4-16-8-14-19(15-9-16)29-24(17-10-12-18(28)13-11-17)23(26(31)27(29)32)25(30)22-20(33-2)6-5-7-21(22)34-3/h5-15,24,30H,4H2,1-3H3/b25-23+. The van der Waals surface area contributed by atoms with E-state index in [0.717, 1.165) is 12.0 Å². The van der Waals surface area contributed by atoms with Gasteiger partial charge in [0.1, 0.15) is 28.6 Å². The lowest BCUT2D eigenvalue weighted by Crippen LogP contribution is -2.29. The third kappa shape index (κ3) is 3.90. The van der Waals surface area contributed by atoms with E-state index in [2.05, 4.69) is 0 Å². The molecule has 1 N–H and O–H groups in total. The minimum Gasteiger partial charge on any atom is -0.506 e. The molecule has 1 heterocycles. The number of ether oxygens (including phenoxy) is 2. The number of carbonyl (C=O) groups is 2. The van der Waals surface area contributed by atoms with E-state index in [1.807, 2.05) is 19.1 Å². The molecule has 4 rings (SSSR count). The summed E-state index contributed by atoms with van der Waals surface area (Å²) in [6, 6.07) is 16.7. The number of aryl methyl sites for hydroxylation is 1. The number of hydrogen-bond acceptors (Lipinski definition) is 5. The van der Waals surface area contributed by atoms with Crippen LogP contribution in [0.25, 0.3) is 5.76 Å². The third-order valence-corrected chi connectivity index (χ3v) is 5.92. The number of rotatable bonds is 6. The van der Waals surface area contributed by atoms with E-state index in [0.29, 0.717) is 11.3 Å². The summed E-state index contributed by atoms with van der Waals surface area (Å²) in [6.07, 6.45) is 0.814. The van der Waals surface area contributed by atoms with E-state index < -0.39 is 29.3 Å². The third-order valence-electron chi connectivity index (χ3n) is 5.92. The van der Waals surface area contributed by atoms with Gasteiger partial charge in [-0.05, 0) is 53.9 Å². The highest BCUT2D eigenvalue weighted by Crippen LogP contribution is 2.45. The second-order valence-corrected chi connectivity index (χ2v) is 7.78. The minimum atomic E-state index is -0.984. The summed E-state index contributed by atoms with van der Waals surface area (Å²) in [5, 5.41) is 11.4. The zero-order valence-electron chi connectivity index (χ0n) is 19.0. The Balaban J connectivity index is 1.98. The van der Waals surface area contributed by atoms with Crippen molar-refractivity contribution in [3.05, 3.63) is 94.8 Å². The van der Waals surface area contributed by atoms with E-state index in [9.17, 15) is 19.1 Å². The van der Waals surface area contributed by atoms with Crippen molar-refractivity contribution >= 4 is 23.1 Å². The minimum absolute atomic E-state index is 0.140. The van der Waals surface area contributed by atoms with E-state index in [1.165, 1.54) is 43.4 Å². The van der Waals surface area contributed by atoms with Crippen LogP contribution in [0, 0.1) is 5.82 Å². The fraction of sp³-hybridized carbons (Fsp3) is 0.185. The number of halogens is 1. The molecule has 0 bridgehead atoms. The first kappa shape index (κ1) is 23.0. The van der Waals surface area contributed by atoms with Crippen LogP contribution in [0.4, 0.5) is 10.1 Å². The summed E-state index contributed by atoms with van der Waals surface area (Å²) in [5.74, 6) is -2.01. The Labute approximate surface area is 196 Å². The maximum absolute atomic E-state index is 13.7. The molecule has 7 heteroatoms. The first-order chi connectivity index (χ1) is 16.4. The van der Waals surface area contributed by atoms with Crippen molar-refractivity contribution in [2.24, 2.45) is 0 Å². The van der Waals surface area contributed by atoms with Gasteiger partial charge in [-0.15, -0.1) is 0 Å². The van der Waals surface area contributed by atoms with Crippen LogP contribution in [0.3, 0.4) is 0 Å². The fourth-order valence-electron chi connectivity index (χ4n) is 4.17. The molecular weight excluding hydrogens is 437 g/mol. The molecule has 34 heavy (non-hydrogen) atoms. The number of aliphatic hydroxyl groups excluding tert-OH is 1. The van der Waals surface area contributed by atoms with Gasteiger partial charge in [0.05, 0.1) is 25.8 Å². The summed E-state index contributed by atoms with van der Waals surface area (Å²) >= 11 is 0. The van der Waals surface area contributed by atoms with Gasteiger partial charge < -0.3 is 14.6 Å². The van der Waals surface area contributed by atoms with Crippen LogP contribution in [0.5, 0.6) is 11.5 Å². The predicted molar refractivity (Wildman–Crippen MR) is 127 cm³/mol. The lowest BCUT2D eigenvalue weighted by molar-refractivity contribution is -0.132. The highest BCUT2D eigenvalue weighted by Gasteiger charge is 2.47. The largest absolute Gasteiger partial charge is 0.506 e. The molecular formula is C27H24FNO5. The van der Waals surface area contributed by atoms with Crippen LogP contribution in [-0.2, 0) is 16.0 Å². The number of amides is 1. The molecule has 1 fully saturated rings. The van der Waals surface area contributed by atoms with Crippen molar-refractivity contribution in [2.45, 2.75) is 19.4 Å². The van der Waals surface area contributed by atoms with Gasteiger partial charge in [0.25, 0.3) is 11.7 Å². The first-order valence-corrected chi connectivity index (χ1v) is 10.8. The van der Waals surface area contributed by atoms with Gasteiger partial charge in [0.15, 0.2) is 0 Å². The monoisotopic (exact) mass is 461 g/mol. The molecule has 0 spiro atoms. The highest BCUT2D eigenvalue weighted by molar-refractivity contribution is 6.51. The smallest absolute Gasteiger partial charge is 0.300 e. The molecule has 6 nitrogen and oxygen atoms in total. The number of anilines is 1. The Hall–Kier alpha value is -4.13. The Bertz CT molecular complexity index is 1240. The molecule has 0 aromatic heterocycles. The van der Waals surface area contributed by atoms with Gasteiger partial charge in [-0.3, -0.25) is 14.5 Å². The Morgan fingerprint density at radius 1 is 0.941 bits per heavy atom. The van der Waals surface area contributed by atoms with Crippen molar-refractivity contribution in [1.29, 1.82) is 0 Å². The summed E-state index contributed by atoms with van der Waals surface area (Å²) in [7, 11) is 2.85. The molecule has 1 aliphatic heterocycles. The second-order valence-electron chi connectivity index (χ2n) is 7.78. The molecule has 1 atom stereocenters. The van der Waals surface area contributed by atoms with E-state index in [4.69, 9.17) is 9.47 Å². The van der Waals surface area contributed by atoms with Crippen LogP contribution in [-0.4, -0.2) is 31.0 Å². The molecule has 1 unspecified atom stereocenters. The first-order valence-electron chi connectivity index (χ1n) is 10.8. The Morgan fingerprint density at radius 2 is 1.53 bits per heavy atom. The van der Waals surface area contributed by atoms with Crippen LogP contribution >= 0.6 is 0 Å². The van der Waals surface area contributed by atoms with E-state index in [-0.39, 0.29) is 22.6 Å². The Kier molecular flexibility index (Phi) is 6.36. The average molecular weight is 461 g/mol. The summed E-state index contributed by atoms with van der Waals surface area (Å²) in [5.41, 5.74) is 2.03. The van der Waals surface area contributed by atoms with Gasteiger partial charge in [-0.25, -0.2) is 4.39 Å². The molecule has 0 aliphatic carbocycles. The number of Topliss-reactive ketones (excluding diaryl/α,β-unsaturated/α-hetero) is 1. The molecule has 1 saturated heterocycles. The molecule has 0 saturated carbocycles. The molecule has 0 radical (unpaired) electrons. The summed E-state index contributed by atoms with van der Waals surface area (Å²) < 4.78 is 24.5. The number of ketones is 1. The van der Waals surface area contributed by atoms with Gasteiger partial charge in [0, 0.05) is 5.69 Å². The molecule has 1 amide bonds. The average Bonchev–Trinajstić information content (AvgIpc) is 3.13. The number of hydrogen-bond donors (Lipinski definition) is 1. The Morgan fingerprint density at radius 3 is 2.06 bits per heavy atom. The van der Waals surface area contributed by atoms with Crippen molar-refractivity contribution in [2.75, 3.05) is 19.1 Å². The normalized spacial score (nSPS) is 17.2. The maximum Gasteiger partial charge on any atom is 0.300 e. The van der Waals surface area contributed by atoms with E-state index in [1.54, 1.807) is 30.3 Å². The van der Waals surface area contributed by atoms with E-state index >= 15 is 0 Å². The number of methoxy groups -OCH3 is 2. The number of aliphatic hydroxyl groups is 1. The zero-order chi connectivity index (χ0) is 24.4. The van der Waals surface area contributed by atoms with Gasteiger partial charge in [-0.2, -0.15) is 0 Å². The van der Waals surface area contributed by atoms with Crippen LogP contribution < -0.4 is 14.4 Å². The topological polar surface area (TPSA) is 76.1 Å². The van der Waals surface area contributed by atoms with Crippen molar-refractivity contribution in [3.63, 3.8) is 0 Å². The number of nitrogens with zero attached hydrogens (tertiary/aromatic N) is 1. The number of benzene rings is 3. The fourth-order valence-corrected chi connectivity index (χ4v) is 4.17. The maximum atomic E-state index is 13.7. The molecule has 3 aromatic carbocycles. The predicted octanol–water partition coefficient (Wildman–Crippen LogP) is 5.03. The van der Waals surface area contributed by atoms with Crippen molar-refractivity contribution in [1.82, 2.24) is 0 Å². The lowest BCUT2D eigenvalue weighted by atomic mass is 9.94. The zero-order valence-corrected chi connectivity index (χ0v) is 19.0. The van der Waals surface area contributed by atoms with Crippen molar-refractivity contribution < 1.29 is 28.6 Å². The summed E-state index contributed by atoms with van der Waals surface area (Å²) in [4.78, 5) is 27.9. The van der Waals surface area contributed by atoms with Gasteiger partial charge >= 0.3 is 0 Å². The molecule has 174 valence electrons. The quantitative estimate of drug-likeness (QED) is 0.317. The van der Waals surface area contributed by atoms with Crippen LogP contribution in [0.15, 0.2) is 72.3 Å².